The van der Waals surface area contributed by atoms with E-state index in [9.17, 15) is 9.18 Å². The number of nitrogens with two attached hydrogens (primary N) is 1. The SMILES string of the molecule is CC1(c2cc(NC(=O)c3ccnn3-c3ccccc3)ccc2F)CCSC(N)=N1. The average Bonchev–Trinajstić information content (AvgIpc) is 3.20. The van der Waals surface area contributed by atoms with Crippen LogP contribution in [0.25, 0.3) is 5.69 Å². The fourth-order valence-electron chi connectivity index (χ4n) is 3.34. The number of aromatic nitrogens is 2. The summed E-state index contributed by atoms with van der Waals surface area (Å²) >= 11 is 1.46. The first-order valence-electron chi connectivity index (χ1n) is 9.15. The van der Waals surface area contributed by atoms with Crippen LogP contribution in [0.3, 0.4) is 0 Å². The van der Waals surface area contributed by atoms with Gasteiger partial charge in [0.1, 0.15) is 11.5 Å². The molecule has 2 heterocycles. The first-order valence-corrected chi connectivity index (χ1v) is 10.1. The van der Waals surface area contributed by atoms with Crippen LogP contribution in [0.4, 0.5) is 10.1 Å². The molecule has 3 N–H and O–H groups in total. The lowest BCUT2D eigenvalue weighted by Gasteiger charge is -2.30. The van der Waals surface area contributed by atoms with Gasteiger partial charge in [-0.2, -0.15) is 5.10 Å². The number of hydrogen-bond acceptors (Lipinski definition) is 5. The van der Waals surface area contributed by atoms with Gasteiger partial charge in [-0.25, -0.2) is 9.07 Å². The molecule has 29 heavy (non-hydrogen) atoms. The molecule has 6 nitrogen and oxygen atoms in total. The van der Waals surface area contributed by atoms with Gasteiger partial charge in [-0.15, -0.1) is 0 Å². The fraction of sp³-hybridized carbons (Fsp3) is 0.190. The highest BCUT2D eigenvalue weighted by atomic mass is 32.2. The van der Waals surface area contributed by atoms with Gasteiger partial charge in [0.2, 0.25) is 0 Å². The van der Waals surface area contributed by atoms with Crippen LogP contribution in [0.15, 0.2) is 65.8 Å². The molecule has 0 saturated carbocycles. The molecule has 1 unspecified atom stereocenters. The third-order valence-electron chi connectivity index (χ3n) is 4.88. The number of para-hydroxylation sites is 1. The quantitative estimate of drug-likeness (QED) is 0.684. The third-order valence-corrected chi connectivity index (χ3v) is 5.67. The summed E-state index contributed by atoms with van der Waals surface area (Å²) in [4.78, 5) is 17.3. The zero-order chi connectivity index (χ0) is 20.4. The van der Waals surface area contributed by atoms with Crippen molar-refractivity contribution >= 4 is 28.5 Å². The first kappa shape index (κ1) is 19.2. The summed E-state index contributed by atoms with van der Waals surface area (Å²) in [5.41, 5.74) is 7.16. The number of benzene rings is 2. The van der Waals surface area contributed by atoms with E-state index >= 15 is 0 Å². The predicted molar refractivity (Wildman–Crippen MR) is 114 cm³/mol. The standard InChI is InChI=1S/C21H20FN5OS/c1-21(10-12-29-20(23)26-21)16-13-14(7-8-17(16)22)25-19(28)18-9-11-24-27(18)15-5-3-2-4-6-15/h2-9,11,13H,10,12H2,1H3,(H2,23,26)(H,25,28). The van der Waals surface area contributed by atoms with Gasteiger partial charge < -0.3 is 11.1 Å². The van der Waals surface area contributed by atoms with Crippen LogP contribution in [0.2, 0.25) is 0 Å². The topological polar surface area (TPSA) is 85.3 Å². The van der Waals surface area contributed by atoms with Crippen LogP contribution in [0, 0.1) is 5.82 Å². The fourth-order valence-corrected chi connectivity index (χ4v) is 4.32. The normalized spacial score (nSPS) is 18.9. The average molecular weight is 409 g/mol. The summed E-state index contributed by atoms with van der Waals surface area (Å²) in [6.45, 7) is 1.86. The van der Waals surface area contributed by atoms with Crippen molar-refractivity contribution in [3.63, 3.8) is 0 Å². The Hall–Kier alpha value is -3.13. The van der Waals surface area contributed by atoms with Crippen molar-refractivity contribution in [2.24, 2.45) is 10.7 Å². The molecule has 0 fully saturated rings. The lowest BCUT2D eigenvalue weighted by atomic mass is 9.89. The Morgan fingerprint density at radius 2 is 2.03 bits per heavy atom. The van der Waals surface area contributed by atoms with E-state index in [1.165, 1.54) is 23.9 Å². The van der Waals surface area contributed by atoms with E-state index in [4.69, 9.17) is 5.73 Å². The highest BCUT2D eigenvalue weighted by Gasteiger charge is 2.32. The Labute approximate surface area is 172 Å². The summed E-state index contributed by atoms with van der Waals surface area (Å²) in [5, 5.41) is 7.52. The molecule has 1 aromatic heterocycles. The summed E-state index contributed by atoms with van der Waals surface area (Å²) in [7, 11) is 0. The van der Waals surface area contributed by atoms with Crippen molar-refractivity contribution in [3.05, 3.63) is 77.9 Å². The molecule has 1 atom stereocenters. The minimum atomic E-state index is -0.758. The number of amidine groups is 1. The molecule has 0 radical (unpaired) electrons. The maximum absolute atomic E-state index is 14.6. The van der Waals surface area contributed by atoms with Gasteiger partial charge in [-0.1, -0.05) is 30.0 Å². The molecule has 3 aromatic rings. The highest BCUT2D eigenvalue weighted by Crippen LogP contribution is 2.37. The molecule has 0 spiro atoms. The van der Waals surface area contributed by atoms with Crippen molar-refractivity contribution in [1.82, 2.24) is 9.78 Å². The van der Waals surface area contributed by atoms with E-state index in [2.05, 4.69) is 15.4 Å². The monoisotopic (exact) mass is 409 g/mol. The smallest absolute Gasteiger partial charge is 0.274 e. The second kappa shape index (κ2) is 7.71. The molecule has 1 aliphatic rings. The molecule has 0 bridgehead atoms. The lowest BCUT2D eigenvalue weighted by Crippen LogP contribution is -2.30. The predicted octanol–water partition coefficient (Wildman–Crippen LogP) is 3.93. The highest BCUT2D eigenvalue weighted by molar-refractivity contribution is 8.13. The maximum atomic E-state index is 14.6. The number of aliphatic imine (C=N–C) groups is 1. The third kappa shape index (κ3) is 3.88. The van der Waals surface area contributed by atoms with Crippen LogP contribution in [0.1, 0.15) is 29.4 Å². The number of halogens is 1. The number of carbonyl (C=O) groups excluding carboxylic acids is 1. The number of anilines is 1. The minimum absolute atomic E-state index is 0.337. The Kier molecular flexibility index (Phi) is 5.10. The molecule has 0 saturated heterocycles. The lowest BCUT2D eigenvalue weighted by molar-refractivity contribution is 0.101. The van der Waals surface area contributed by atoms with E-state index in [0.29, 0.717) is 28.5 Å². The molecule has 1 aliphatic heterocycles. The van der Waals surface area contributed by atoms with Crippen LogP contribution in [0.5, 0.6) is 0 Å². The Balaban J connectivity index is 1.63. The summed E-state index contributed by atoms with van der Waals surface area (Å²) in [6, 6.07) is 15.5. The van der Waals surface area contributed by atoms with Gasteiger partial charge in [0.25, 0.3) is 5.91 Å². The van der Waals surface area contributed by atoms with E-state index < -0.39 is 5.54 Å². The molecular weight excluding hydrogens is 389 g/mol. The Morgan fingerprint density at radius 3 is 2.79 bits per heavy atom. The zero-order valence-corrected chi connectivity index (χ0v) is 16.6. The van der Waals surface area contributed by atoms with Crippen LogP contribution >= 0.6 is 11.8 Å². The number of carbonyl (C=O) groups is 1. The van der Waals surface area contributed by atoms with E-state index in [-0.39, 0.29) is 11.7 Å². The van der Waals surface area contributed by atoms with Gasteiger partial charge >= 0.3 is 0 Å². The van der Waals surface area contributed by atoms with Crippen LogP contribution in [-0.4, -0.2) is 26.6 Å². The van der Waals surface area contributed by atoms with Gasteiger partial charge in [0.15, 0.2) is 5.17 Å². The van der Waals surface area contributed by atoms with Crippen molar-refractivity contribution in [2.45, 2.75) is 18.9 Å². The zero-order valence-electron chi connectivity index (χ0n) is 15.8. The number of amides is 1. The molecule has 4 rings (SSSR count). The molecule has 0 aliphatic carbocycles. The second-order valence-electron chi connectivity index (χ2n) is 6.93. The second-order valence-corrected chi connectivity index (χ2v) is 8.05. The van der Waals surface area contributed by atoms with E-state index in [1.54, 1.807) is 23.0 Å². The molecule has 148 valence electrons. The molecular formula is C21H20FN5OS. The van der Waals surface area contributed by atoms with Gasteiger partial charge in [-0.05, 0) is 49.7 Å². The summed E-state index contributed by atoms with van der Waals surface area (Å²) in [5.74, 6) is 0.0533. The number of thioether (sulfide) groups is 1. The van der Waals surface area contributed by atoms with Gasteiger partial charge in [0.05, 0.1) is 17.4 Å². The maximum Gasteiger partial charge on any atom is 0.274 e. The largest absolute Gasteiger partial charge is 0.379 e. The number of hydrogen-bond donors (Lipinski definition) is 2. The first-order chi connectivity index (χ1) is 14.0. The number of rotatable bonds is 4. The van der Waals surface area contributed by atoms with Crippen molar-refractivity contribution in [1.29, 1.82) is 0 Å². The van der Waals surface area contributed by atoms with Crippen molar-refractivity contribution in [2.75, 3.05) is 11.1 Å². The van der Waals surface area contributed by atoms with E-state index in [0.717, 1.165) is 11.4 Å². The Morgan fingerprint density at radius 1 is 1.24 bits per heavy atom. The van der Waals surface area contributed by atoms with Crippen molar-refractivity contribution in [3.8, 4) is 5.69 Å². The van der Waals surface area contributed by atoms with Crippen LogP contribution in [-0.2, 0) is 5.54 Å². The summed E-state index contributed by atoms with van der Waals surface area (Å²) in [6.07, 6.45) is 2.23. The molecule has 1 amide bonds. The summed E-state index contributed by atoms with van der Waals surface area (Å²) < 4.78 is 16.1. The van der Waals surface area contributed by atoms with Crippen molar-refractivity contribution < 1.29 is 9.18 Å². The Bertz CT molecular complexity index is 1080. The number of nitrogens with one attached hydrogen (secondary N) is 1. The molecule has 2 aromatic carbocycles. The minimum Gasteiger partial charge on any atom is -0.379 e. The number of nitrogens with zero attached hydrogens (tertiary/aromatic N) is 3. The van der Waals surface area contributed by atoms with Gasteiger partial charge in [-0.3, -0.25) is 9.79 Å². The van der Waals surface area contributed by atoms with Crippen LogP contribution < -0.4 is 11.1 Å². The van der Waals surface area contributed by atoms with E-state index in [1.807, 2.05) is 37.3 Å². The molecule has 8 heteroatoms. The van der Waals surface area contributed by atoms with Gasteiger partial charge in [0, 0.05) is 17.0 Å².